The molecule has 0 bridgehead atoms. The van der Waals surface area contributed by atoms with E-state index in [1.807, 2.05) is 11.7 Å². The Balaban J connectivity index is 1.98. The molecule has 1 N–H and O–H groups in total. The van der Waals surface area contributed by atoms with Crippen molar-refractivity contribution in [2.24, 2.45) is 5.92 Å². The summed E-state index contributed by atoms with van der Waals surface area (Å²) in [6.45, 7) is 7.05. The number of carbonyl (C=O) groups excluding carboxylic acids is 1. The fraction of sp³-hybridized carbons (Fsp3) is 0.786. The van der Waals surface area contributed by atoms with Crippen LogP contribution in [0.5, 0.6) is 0 Å². The average molecular weight is 279 g/mol. The smallest absolute Gasteiger partial charge is 0.275 e. The number of aromatic nitrogens is 3. The van der Waals surface area contributed by atoms with Gasteiger partial charge in [0.25, 0.3) is 5.91 Å². The third kappa shape index (κ3) is 3.56. The van der Waals surface area contributed by atoms with Crippen LogP contribution in [0.1, 0.15) is 49.6 Å². The summed E-state index contributed by atoms with van der Waals surface area (Å²) in [4.78, 5) is 14.0. The van der Waals surface area contributed by atoms with Gasteiger partial charge in [0.1, 0.15) is 0 Å². The van der Waals surface area contributed by atoms with Gasteiger partial charge in [-0.15, -0.1) is 5.10 Å². The maximum absolute atomic E-state index is 12.3. The first kappa shape index (κ1) is 15.0. The van der Waals surface area contributed by atoms with Crippen molar-refractivity contribution in [1.29, 1.82) is 0 Å². The molecular weight excluding hydrogens is 254 g/mol. The van der Waals surface area contributed by atoms with Gasteiger partial charge in [0.05, 0.1) is 12.2 Å². The highest BCUT2D eigenvalue weighted by atomic mass is 16.2. The van der Waals surface area contributed by atoms with Crippen LogP contribution in [0, 0.1) is 5.92 Å². The van der Waals surface area contributed by atoms with Crippen LogP contribution >= 0.6 is 0 Å². The lowest BCUT2D eigenvalue weighted by atomic mass is 10.1. The van der Waals surface area contributed by atoms with Crippen molar-refractivity contribution in [2.45, 2.75) is 39.2 Å². The molecule has 1 amide bonds. The summed E-state index contributed by atoms with van der Waals surface area (Å²) in [7, 11) is 1.83. The Hall–Kier alpha value is -1.43. The van der Waals surface area contributed by atoms with Crippen molar-refractivity contribution in [1.82, 2.24) is 25.2 Å². The summed E-state index contributed by atoms with van der Waals surface area (Å²) < 4.78 is 1.85. The maximum Gasteiger partial charge on any atom is 0.275 e. The number of amides is 1. The molecule has 1 aliphatic heterocycles. The Bertz CT molecular complexity index is 439. The van der Waals surface area contributed by atoms with Crippen molar-refractivity contribution >= 4 is 5.91 Å². The Morgan fingerprint density at radius 2 is 2.25 bits per heavy atom. The quantitative estimate of drug-likeness (QED) is 0.883. The molecule has 1 saturated heterocycles. The molecule has 6 nitrogen and oxygen atoms in total. The summed E-state index contributed by atoms with van der Waals surface area (Å²) in [5, 5.41) is 11.5. The van der Waals surface area contributed by atoms with E-state index in [0.29, 0.717) is 17.7 Å². The van der Waals surface area contributed by atoms with Crippen LogP contribution in [0.15, 0.2) is 6.20 Å². The van der Waals surface area contributed by atoms with E-state index in [9.17, 15) is 4.79 Å². The third-order valence-corrected chi connectivity index (χ3v) is 4.04. The highest BCUT2D eigenvalue weighted by molar-refractivity contribution is 5.91. The Kier molecular flexibility index (Phi) is 5.11. The molecule has 1 aliphatic rings. The van der Waals surface area contributed by atoms with E-state index in [1.54, 1.807) is 11.1 Å². The average Bonchev–Trinajstić information content (AvgIpc) is 2.97. The van der Waals surface area contributed by atoms with E-state index >= 15 is 0 Å². The molecule has 0 aliphatic carbocycles. The van der Waals surface area contributed by atoms with Gasteiger partial charge in [-0.25, -0.2) is 4.68 Å². The third-order valence-electron chi connectivity index (χ3n) is 4.04. The van der Waals surface area contributed by atoms with Crippen LogP contribution in [-0.2, 0) is 0 Å². The lowest BCUT2D eigenvalue weighted by molar-refractivity contribution is 0.0769. The Morgan fingerprint density at radius 3 is 2.90 bits per heavy atom. The van der Waals surface area contributed by atoms with Gasteiger partial charge in [-0.1, -0.05) is 25.5 Å². The van der Waals surface area contributed by atoms with E-state index in [2.05, 4.69) is 29.5 Å². The molecule has 112 valence electrons. The highest BCUT2D eigenvalue weighted by Crippen LogP contribution is 2.17. The number of hydrogen-bond acceptors (Lipinski definition) is 4. The molecular formula is C14H25N5O. The lowest BCUT2D eigenvalue weighted by Gasteiger charge is -2.22. The molecule has 1 aromatic heterocycles. The molecule has 0 spiro atoms. The van der Waals surface area contributed by atoms with Gasteiger partial charge in [0, 0.05) is 13.6 Å². The molecule has 0 radical (unpaired) electrons. The number of carbonyl (C=O) groups is 1. The number of piperidine rings is 1. The van der Waals surface area contributed by atoms with Crippen molar-refractivity contribution in [3.8, 4) is 0 Å². The summed E-state index contributed by atoms with van der Waals surface area (Å²) >= 11 is 0. The van der Waals surface area contributed by atoms with Gasteiger partial charge < -0.3 is 10.2 Å². The van der Waals surface area contributed by atoms with Crippen LogP contribution < -0.4 is 5.32 Å². The topological polar surface area (TPSA) is 63.1 Å². The van der Waals surface area contributed by atoms with Crippen molar-refractivity contribution < 1.29 is 4.79 Å². The first-order valence-electron chi connectivity index (χ1n) is 7.49. The zero-order valence-electron chi connectivity index (χ0n) is 12.7. The normalized spacial score (nSPS) is 17.9. The van der Waals surface area contributed by atoms with E-state index in [1.165, 1.54) is 0 Å². The van der Waals surface area contributed by atoms with Crippen LogP contribution in [0.4, 0.5) is 0 Å². The molecule has 6 heteroatoms. The molecule has 1 atom stereocenters. The van der Waals surface area contributed by atoms with E-state index in [0.717, 1.165) is 38.9 Å². The molecule has 20 heavy (non-hydrogen) atoms. The summed E-state index contributed by atoms with van der Waals surface area (Å²) in [5.74, 6) is 0.467. The monoisotopic (exact) mass is 279 g/mol. The number of nitrogens with one attached hydrogen (secondary N) is 1. The molecule has 1 aromatic rings. The molecule has 1 unspecified atom stereocenters. The zero-order chi connectivity index (χ0) is 14.5. The minimum absolute atomic E-state index is 0.0366. The SMILES string of the molecule is CCC(C)CN(C)C(=O)c1cn(C2CCNCC2)nn1. The standard InChI is InChI=1S/C14H25N5O/c1-4-11(2)9-18(3)14(20)13-10-19(17-16-13)12-5-7-15-8-6-12/h10-12,15H,4-9H2,1-3H3. The minimum Gasteiger partial charge on any atom is -0.340 e. The Morgan fingerprint density at radius 1 is 1.55 bits per heavy atom. The largest absolute Gasteiger partial charge is 0.340 e. The maximum atomic E-state index is 12.3. The second-order valence-electron chi connectivity index (χ2n) is 5.76. The minimum atomic E-state index is -0.0366. The van der Waals surface area contributed by atoms with Crippen molar-refractivity contribution in [3.63, 3.8) is 0 Å². The fourth-order valence-electron chi connectivity index (χ4n) is 2.50. The van der Waals surface area contributed by atoms with Gasteiger partial charge in [-0.05, 0) is 31.8 Å². The van der Waals surface area contributed by atoms with Gasteiger partial charge in [0.2, 0.25) is 0 Å². The first-order chi connectivity index (χ1) is 9.61. The van der Waals surface area contributed by atoms with Crippen LogP contribution in [0.2, 0.25) is 0 Å². The van der Waals surface area contributed by atoms with E-state index in [-0.39, 0.29) is 5.91 Å². The van der Waals surface area contributed by atoms with Crippen LogP contribution in [-0.4, -0.2) is 52.5 Å². The summed E-state index contributed by atoms with van der Waals surface area (Å²) in [5.41, 5.74) is 0.453. The van der Waals surface area contributed by atoms with Crippen molar-refractivity contribution in [2.75, 3.05) is 26.7 Å². The van der Waals surface area contributed by atoms with Gasteiger partial charge in [-0.3, -0.25) is 4.79 Å². The van der Waals surface area contributed by atoms with Crippen LogP contribution in [0.3, 0.4) is 0 Å². The molecule has 0 aromatic carbocycles. The van der Waals surface area contributed by atoms with Gasteiger partial charge in [-0.2, -0.15) is 0 Å². The van der Waals surface area contributed by atoms with Gasteiger partial charge >= 0.3 is 0 Å². The summed E-state index contributed by atoms with van der Waals surface area (Å²) in [6.07, 6.45) is 4.95. The Labute approximate surface area is 120 Å². The molecule has 1 fully saturated rings. The lowest BCUT2D eigenvalue weighted by Crippen LogP contribution is -2.31. The molecule has 2 heterocycles. The zero-order valence-corrected chi connectivity index (χ0v) is 12.7. The highest BCUT2D eigenvalue weighted by Gasteiger charge is 2.21. The van der Waals surface area contributed by atoms with Gasteiger partial charge in [0.15, 0.2) is 5.69 Å². The fourth-order valence-corrected chi connectivity index (χ4v) is 2.50. The van der Waals surface area contributed by atoms with E-state index in [4.69, 9.17) is 0 Å². The second kappa shape index (κ2) is 6.83. The predicted octanol–water partition coefficient (Wildman–Crippen LogP) is 1.32. The van der Waals surface area contributed by atoms with E-state index < -0.39 is 0 Å². The van der Waals surface area contributed by atoms with Crippen LogP contribution in [0.25, 0.3) is 0 Å². The molecule has 2 rings (SSSR count). The number of nitrogens with zero attached hydrogens (tertiary/aromatic N) is 4. The molecule has 0 saturated carbocycles. The first-order valence-corrected chi connectivity index (χ1v) is 7.49. The summed E-state index contributed by atoms with van der Waals surface area (Å²) in [6, 6.07) is 0.366. The van der Waals surface area contributed by atoms with Crippen molar-refractivity contribution in [3.05, 3.63) is 11.9 Å². The number of hydrogen-bond donors (Lipinski definition) is 1. The predicted molar refractivity (Wildman–Crippen MR) is 77.6 cm³/mol. The number of rotatable bonds is 5. The second-order valence-corrected chi connectivity index (χ2v) is 5.76.